The zero-order chi connectivity index (χ0) is 15.2. The van der Waals surface area contributed by atoms with Crippen LogP contribution >= 0.6 is 0 Å². The zero-order valence-corrected chi connectivity index (χ0v) is 11.9. The highest BCUT2D eigenvalue weighted by Gasteiger charge is 2.11. The van der Waals surface area contributed by atoms with Gasteiger partial charge in [-0.1, -0.05) is 42.5 Å². The smallest absolute Gasteiger partial charge is 0.248 e. The lowest BCUT2D eigenvalue weighted by Crippen LogP contribution is -2.07. The summed E-state index contributed by atoms with van der Waals surface area (Å²) < 4.78 is 10.6. The van der Waals surface area contributed by atoms with E-state index in [9.17, 15) is 4.79 Å². The number of hydrogen-bond donors (Lipinski definition) is 1. The van der Waals surface area contributed by atoms with Gasteiger partial charge in [-0.2, -0.15) is 0 Å². The second kappa shape index (κ2) is 6.63. The third kappa shape index (κ3) is 3.55. The summed E-state index contributed by atoms with van der Waals surface area (Å²) in [5.41, 5.74) is 1.76. The van der Waals surface area contributed by atoms with Gasteiger partial charge in [0.15, 0.2) is 11.5 Å². The highest BCUT2D eigenvalue weighted by Crippen LogP contribution is 2.32. The Labute approximate surface area is 128 Å². The molecule has 2 aromatic rings. The van der Waals surface area contributed by atoms with Gasteiger partial charge in [0.1, 0.15) is 0 Å². The Morgan fingerprint density at radius 1 is 1.00 bits per heavy atom. The highest BCUT2D eigenvalue weighted by molar-refractivity contribution is 5.99. The van der Waals surface area contributed by atoms with Crippen LogP contribution < -0.4 is 14.8 Å². The van der Waals surface area contributed by atoms with Crippen molar-refractivity contribution in [2.45, 2.75) is 0 Å². The lowest BCUT2D eigenvalue weighted by molar-refractivity contribution is -0.111. The number of hydrogen-bond acceptors (Lipinski definition) is 3. The number of allylic oxidation sites excluding steroid dienone is 2. The second-order valence-electron chi connectivity index (χ2n) is 4.69. The fourth-order valence-corrected chi connectivity index (χ4v) is 2.03. The molecule has 0 unspecified atom stereocenters. The summed E-state index contributed by atoms with van der Waals surface area (Å²) in [6, 6.07) is 15.0. The van der Waals surface area contributed by atoms with E-state index in [2.05, 4.69) is 5.32 Å². The minimum atomic E-state index is -0.165. The lowest BCUT2D eigenvalue weighted by Gasteiger charge is -1.99. The maximum absolute atomic E-state index is 11.7. The number of carbonyl (C=O) groups is 1. The van der Waals surface area contributed by atoms with E-state index >= 15 is 0 Å². The van der Waals surface area contributed by atoms with E-state index in [-0.39, 0.29) is 12.7 Å². The lowest BCUT2D eigenvalue weighted by atomic mass is 10.2. The maximum atomic E-state index is 11.7. The Balaban J connectivity index is 1.56. The van der Waals surface area contributed by atoms with Gasteiger partial charge >= 0.3 is 0 Å². The minimum absolute atomic E-state index is 0.165. The van der Waals surface area contributed by atoms with Crippen LogP contribution in [0.15, 0.2) is 66.8 Å². The quantitative estimate of drug-likeness (QED) is 0.692. The molecule has 1 N–H and O–H groups in total. The molecular formula is C18H15NO3. The molecule has 0 fully saturated rings. The first kappa shape index (κ1) is 13.9. The summed E-state index contributed by atoms with van der Waals surface area (Å²) in [5.74, 6) is 1.34. The summed E-state index contributed by atoms with van der Waals surface area (Å²) in [6.45, 7) is 0.266. The molecular weight excluding hydrogens is 278 g/mol. The summed E-state index contributed by atoms with van der Waals surface area (Å²) in [7, 11) is 0. The van der Waals surface area contributed by atoms with Crippen LogP contribution in [0.4, 0.5) is 5.69 Å². The molecule has 0 bridgehead atoms. The predicted molar refractivity (Wildman–Crippen MR) is 85.8 cm³/mol. The van der Waals surface area contributed by atoms with Gasteiger partial charge in [-0.15, -0.1) is 0 Å². The van der Waals surface area contributed by atoms with Crippen molar-refractivity contribution in [3.05, 3.63) is 72.3 Å². The molecule has 0 radical (unpaired) electrons. The topological polar surface area (TPSA) is 47.6 Å². The molecule has 0 spiro atoms. The van der Waals surface area contributed by atoms with Crippen molar-refractivity contribution in [3.63, 3.8) is 0 Å². The number of rotatable bonds is 4. The number of ether oxygens (including phenoxy) is 2. The van der Waals surface area contributed by atoms with Gasteiger partial charge in [0.25, 0.3) is 0 Å². The second-order valence-corrected chi connectivity index (χ2v) is 4.69. The van der Waals surface area contributed by atoms with Gasteiger partial charge in [0.2, 0.25) is 12.7 Å². The molecule has 1 aliphatic rings. The molecule has 22 heavy (non-hydrogen) atoms. The zero-order valence-electron chi connectivity index (χ0n) is 11.9. The number of anilines is 1. The normalized spacial score (nSPS) is 12.9. The number of fused-ring (bicyclic) bond motifs is 1. The monoisotopic (exact) mass is 293 g/mol. The molecule has 0 saturated carbocycles. The number of benzene rings is 2. The number of amides is 1. The van der Waals surface area contributed by atoms with Crippen molar-refractivity contribution in [3.8, 4) is 11.5 Å². The van der Waals surface area contributed by atoms with Gasteiger partial charge in [0.05, 0.1) is 0 Å². The van der Waals surface area contributed by atoms with E-state index in [1.165, 1.54) is 6.08 Å². The van der Waals surface area contributed by atoms with Gasteiger partial charge < -0.3 is 14.8 Å². The standard InChI is InChI=1S/C18H15NO3/c20-18(19-15-7-2-1-3-8-15)9-5-4-6-14-10-11-16-17(12-14)22-13-21-16/h1-12H,13H2,(H,19,20)/b6-4+,9-5+. The fraction of sp³-hybridized carbons (Fsp3) is 0.0556. The van der Waals surface area contributed by atoms with E-state index in [1.807, 2.05) is 60.7 Å². The molecule has 4 nitrogen and oxygen atoms in total. The number of nitrogens with one attached hydrogen (secondary N) is 1. The molecule has 0 saturated heterocycles. The van der Waals surface area contributed by atoms with Crippen LogP contribution in [-0.4, -0.2) is 12.7 Å². The third-order valence-corrected chi connectivity index (χ3v) is 3.09. The average molecular weight is 293 g/mol. The Hall–Kier alpha value is -3.01. The maximum Gasteiger partial charge on any atom is 0.248 e. The molecule has 0 aliphatic carbocycles. The van der Waals surface area contributed by atoms with Crippen LogP contribution in [0, 0.1) is 0 Å². The van der Waals surface area contributed by atoms with Crippen LogP contribution in [0.1, 0.15) is 5.56 Å². The Kier molecular flexibility index (Phi) is 4.20. The molecule has 1 aliphatic heterocycles. The van der Waals surface area contributed by atoms with E-state index in [0.717, 1.165) is 22.7 Å². The van der Waals surface area contributed by atoms with Crippen LogP contribution in [0.25, 0.3) is 6.08 Å². The average Bonchev–Trinajstić information content (AvgIpc) is 3.00. The Morgan fingerprint density at radius 3 is 2.68 bits per heavy atom. The van der Waals surface area contributed by atoms with Gasteiger partial charge in [0, 0.05) is 11.8 Å². The van der Waals surface area contributed by atoms with Crippen LogP contribution in [-0.2, 0) is 4.79 Å². The molecule has 0 aromatic heterocycles. The first-order valence-corrected chi connectivity index (χ1v) is 6.92. The predicted octanol–water partition coefficient (Wildman–Crippen LogP) is 3.62. The minimum Gasteiger partial charge on any atom is -0.454 e. The van der Waals surface area contributed by atoms with Crippen molar-refractivity contribution < 1.29 is 14.3 Å². The summed E-state index contributed by atoms with van der Waals surface area (Å²) in [6.07, 6.45) is 6.88. The van der Waals surface area contributed by atoms with Crippen molar-refractivity contribution in [1.82, 2.24) is 0 Å². The Bertz CT molecular complexity index is 720. The Morgan fingerprint density at radius 2 is 1.82 bits per heavy atom. The first-order valence-electron chi connectivity index (χ1n) is 6.92. The van der Waals surface area contributed by atoms with E-state index in [1.54, 1.807) is 6.08 Å². The third-order valence-electron chi connectivity index (χ3n) is 3.09. The molecule has 1 heterocycles. The molecule has 4 heteroatoms. The number of para-hydroxylation sites is 1. The largest absolute Gasteiger partial charge is 0.454 e. The SMILES string of the molecule is O=C(/C=C/C=C/c1ccc2c(c1)OCO2)Nc1ccccc1. The summed E-state index contributed by atoms with van der Waals surface area (Å²) in [5, 5.41) is 2.78. The molecule has 0 atom stereocenters. The number of carbonyl (C=O) groups excluding carboxylic acids is 1. The molecule has 3 rings (SSSR count). The van der Waals surface area contributed by atoms with Gasteiger partial charge in [-0.25, -0.2) is 0 Å². The summed E-state index contributed by atoms with van der Waals surface area (Å²) >= 11 is 0. The van der Waals surface area contributed by atoms with Crippen LogP contribution in [0.2, 0.25) is 0 Å². The van der Waals surface area contributed by atoms with Crippen molar-refractivity contribution in [2.75, 3.05) is 12.1 Å². The molecule has 2 aromatic carbocycles. The highest BCUT2D eigenvalue weighted by atomic mass is 16.7. The van der Waals surface area contributed by atoms with Gasteiger partial charge in [-0.3, -0.25) is 4.79 Å². The van der Waals surface area contributed by atoms with Crippen LogP contribution in [0.3, 0.4) is 0 Å². The van der Waals surface area contributed by atoms with Gasteiger partial charge in [-0.05, 0) is 29.8 Å². The van der Waals surface area contributed by atoms with Crippen LogP contribution in [0.5, 0.6) is 11.5 Å². The van der Waals surface area contributed by atoms with E-state index in [0.29, 0.717) is 0 Å². The van der Waals surface area contributed by atoms with E-state index < -0.39 is 0 Å². The van der Waals surface area contributed by atoms with Crippen molar-refractivity contribution in [2.24, 2.45) is 0 Å². The van der Waals surface area contributed by atoms with E-state index in [4.69, 9.17) is 9.47 Å². The molecule has 1 amide bonds. The van der Waals surface area contributed by atoms with Crippen molar-refractivity contribution >= 4 is 17.7 Å². The summed E-state index contributed by atoms with van der Waals surface area (Å²) in [4.78, 5) is 11.7. The first-order chi connectivity index (χ1) is 10.8. The van der Waals surface area contributed by atoms with Crippen molar-refractivity contribution in [1.29, 1.82) is 0 Å². The molecule has 110 valence electrons. The fourth-order valence-electron chi connectivity index (χ4n) is 2.03.